The van der Waals surface area contributed by atoms with Crippen molar-refractivity contribution in [1.29, 1.82) is 0 Å². The van der Waals surface area contributed by atoms with Crippen LogP contribution in [0.2, 0.25) is 0 Å². The van der Waals surface area contributed by atoms with E-state index in [4.69, 9.17) is 0 Å². The second kappa shape index (κ2) is 5.65. The molecule has 1 aromatic rings. The monoisotopic (exact) mass is 248 g/mol. The van der Waals surface area contributed by atoms with Gasteiger partial charge in [-0.25, -0.2) is 9.97 Å². The van der Waals surface area contributed by atoms with Crippen LogP contribution in [0.5, 0.6) is 0 Å². The molecule has 2 heterocycles. The van der Waals surface area contributed by atoms with Gasteiger partial charge in [0, 0.05) is 18.3 Å². The van der Waals surface area contributed by atoms with E-state index in [1.165, 1.54) is 12.8 Å². The normalized spacial score (nSPS) is 18.6. The number of aryl methyl sites for hydroxylation is 2. The van der Waals surface area contributed by atoms with E-state index >= 15 is 0 Å². The topological polar surface area (TPSA) is 49.8 Å². The SMILES string of the molecule is CCc1cc(NCC2(C)CCNCC2)nc(C)n1. The fourth-order valence-corrected chi connectivity index (χ4v) is 2.41. The zero-order chi connectivity index (χ0) is 13.0. The molecule has 1 saturated heterocycles. The Morgan fingerprint density at radius 1 is 1.33 bits per heavy atom. The van der Waals surface area contributed by atoms with Gasteiger partial charge in [0.25, 0.3) is 0 Å². The summed E-state index contributed by atoms with van der Waals surface area (Å²) in [6.45, 7) is 9.68. The van der Waals surface area contributed by atoms with Gasteiger partial charge in [0.15, 0.2) is 0 Å². The minimum Gasteiger partial charge on any atom is -0.369 e. The molecule has 0 saturated carbocycles. The molecule has 18 heavy (non-hydrogen) atoms. The quantitative estimate of drug-likeness (QED) is 0.857. The molecule has 1 aromatic heterocycles. The lowest BCUT2D eigenvalue weighted by Gasteiger charge is -2.34. The molecule has 2 N–H and O–H groups in total. The highest BCUT2D eigenvalue weighted by Gasteiger charge is 2.26. The lowest BCUT2D eigenvalue weighted by Crippen LogP contribution is -2.39. The summed E-state index contributed by atoms with van der Waals surface area (Å²) in [4.78, 5) is 8.86. The van der Waals surface area contributed by atoms with Gasteiger partial charge in [-0.05, 0) is 44.7 Å². The van der Waals surface area contributed by atoms with Crippen molar-refractivity contribution >= 4 is 5.82 Å². The summed E-state index contributed by atoms with van der Waals surface area (Å²) in [7, 11) is 0. The highest BCUT2D eigenvalue weighted by atomic mass is 15.0. The minimum absolute atomic E-state index is 0.385. The van der Waals surface area contributed by atoms with Crippen molar-refractivity contribution in [1.82, 2.24) is 15.3 Å². The second-order valence-electron chi connectivity index (χ2n) is 5.56. The molecule has 1 aliphatic heterocycles. The van der Waals surface area contributed by atoms with Crippen molar-refractivity contribution < 1.29 is 0 Å². The molecule has 0 aliphatic carbocycles. The Hall–Kier alpha value is -1.16. The van der Waals surface area contributed by atoms with Crippen LogP contribution in [0.25, 0.3) is 0 Å². The molecule has 1 fully saturated rings. The largest absolute Gasteiger partial charge is 0.369 e. The number of nitrogens with zero attached hydrogens (tertiary/aromatic N) is 2. The van der Waals surface area contributed by atoms with Crippen molar-refractivity contribution in [3.8, 4) is 0 Å². The summed E-state index contributed by atoms with van der Waals surface area (Å²) in [6, 6.07) is 2.07. The summed E-state index contributed by atoms with van der Waals surface area (Å²) in [6.07, 6.45) is 3.41. The summed E-state index contributed by atoms with van der Waals surface area (Å²) in [5.74, 6) is 1.83. The molecule has 0 spiro atoms. The maximum atomic E-state index is 4.46. The first-order valence-electron chi connectivity index (χ1n) is 6.90. The van der Waals surface area contributed by atoms with E-state index in [0.29, 0.717) is 5.41 Å². The van der Waals surface area contributed by atoms with Gasteiger partial charge < -0.3 is 10.6 Å². The molecule has 0 atom stereocenters. The zero-order valence-corrected chi connectivity index (χ0v) is 11.7. The first-order valence-corrected chi connectivity index (χ1v) is 6.90. The van der Waals surface area contributed by atoms with Crippen molar-refractivity contribution in [2.75, 3.05) is 25.0 Å². The van der Waals surface area contributed by atoms with Gasteiger partial charge >= 0.3 is 0 Å². The number of hydrogen-bond donors (Lipinski definition) is 2. The predicted octanol–water partition coefficient (Wildman–Crippen LogP) is 2.15. The number of aromatic nitrogens is 2. The maximum Gasteiger partial charge on any atom is 0.129 e. The third-order valence-electron chi connectivity index (χ3n) is 3.76. The number of hydrogen-bond acceptors (Lipinski definition) is 4. The number of anilines is 1. The van der Waals surface area contributed by atoms with Gasteiger partial charge in [-0.2, -0.15) is 0 Å². The average molecular weight is 248 g/mol. The summed E-state index contributed by atoms with van der Waals surface area (Å²) in [5.41, 5.74) is 1.50. The summed E-state index contributed by atoms with van der Waals surface area (Å²) < 4.78 is 0. The fraction of sp³-hybridized carbons (Fsp3) is 0.714. The van der Waals surface area contributed by atoms with Gasteiger partial charge in [0.05, 0.1) is 0 Å². The Morgan fingerprint density at radius 2 is 2.06 bits per heavy atom. The van der Waals surface area contributed by atoms with Crippen molar-refractivity contribution in [3.05, 3.63) is 17.6 Å². The number of nitrogens with one attached hydrogen (secondary N) is 2. The van der Waals surface area contributed by atoms with Crippen LogP contribution in [0.3, 0.4) is 0 Å². The third-order valence-corrected chi connectivity index (χ3v) is 3.76. The summed E-state index contributed by atoms with van der Waals surface area (Å²) in [5, 5.41) is 6.90. The van der Waals surface area contributed by atoms with Crippen LogP contribution in [0.15, 0.2) is 6.07 Å². The van der Waals surface area contributed by atoms with E-state index in [9.17, 15) is 0 Å². The fourth-order valence-electron chi connectivity index (χ4n) is 2.41. The average Bonchev–Trinajstić information content (AvgIpc) is 2.37. The molecule has 100 valence electrons. The molecule has 0 bridgehead atoms. The van der Waals surface area contributed by atoms with Gasteiger partial charge in [-0.15, -0.1) is 0 Å². The first kappa shape index (κ1) is 13.3. The van der Waals surface area contributed by atoms with Crippen LogP contribution in [-0.4, -0.2) is 29.6 Å². The molecule has 0 radical (unpaired) electrons. The highest BCUT2D eigenvalue weighted by Crippen LogP contribution is 2.27. The molecule has 0 unspecified atom stereocenters. The van der Waals surface area contributed by atoms with Gasteiger partial charge in [-0.1, -0.05) is 13.8 Å². The zero-order valence-electron chi connectivity index (χ0n) is 11.7. The van der Waals surface area contributed by atoms with Gasteiger partial charge in [0.1, 0.15) is 11.6 Å². The Kier molecular flexibility index (Phi) is 4.17. The van der Waals surface area contributed by atoms with Gasteiger partial charge in [-0.3, -0.25) is 0 Å². The Balaban J connectivity index is 1.98. The van der Waals surface area contributed by atoms with Crippen molar-refractivity contribution in [2.24, 2.45) is 5.41 Å². The van der Waals surface area contributed by atoms with Crippen LogP contribution < -0.4 is 10.6 Å². The predicted molar refractivity (Wildman–Crippen MR) is 74.8 cm³/mol. The van der Waals surface area contributed by atoms with Crippen LogP contribution in [-0.2, 0) is 6.42 Å². The molecule has 1 aliphatic rings. The van der Waals surface area contributed by atoms with E-state index in [0.717, 1.165) is 43.4 Å². The van der Waals surface area contributed by atoms with Crippen molar-refractivity contribution in [3.63, 3.8) is 0 Å². The first-order chi connectivity index (χ1) is 8.61. The van der Waals surface area contributed by atoms with Crippen LogP contribution in [0, 0.1) is 12.3 Å². The molecule has 0 aromatic carbocycles. The Labute approximate surface area is 110 Å². The number of piperidine rings is 1. The third kappa shape index (κ3) is 3.42. The second-order valence-corrected chi connectivity index (χ2v) is 5.56. The standard InChI is InChI=1S/C14H24N4/c1-4-12-9-13(18-11(2)17-12)16-10-14(3)5-7-15-8-6-14/h9,15H,4-8,10H2,1-3H3,(H,16,17,18). The molecular weight excluding hydrogens is 224 g/mol. The molecule has 4 heteroatoms. The highest BCUT2D eigenvalue weighted by molar-refractivity contribution is 5.36. The molecule has 2 rings (SSSR count). The number of rotatable bonds is 4. The minimum atomic E-state index is 0.385. The van der Waals surface area contributed by atoms with Gasteiger partial charge in [0.2, 0.25) is 0 Å². The Morgan fingerprint density at radius 3 is 2.72 bits per heavy atom. The van der Waals surface area contributed by atoms with E-state index in [1.54, 1.807) is 0 Å². The van der Waals surface area contributed by atoms with Crippen LogP contribution in [0.4, 0.5) is 5.82 Å². The lowest BCUT2D eigenvalue weighted by molar-refractivity contribution is 0.247. The van der Waals surface area contributed by atoms with E-state index < -0.39 is 0 Å². The summed E-state index contributed by atoms with van der Waals surface area (Å²) >= 11 is 0. The smallest absolute Gasteiger partial charge is 0.129 e. The van der Waals surface area contributed by atoms with E-state index in [2.05, 4.69) is 40.5 Å². The lowest BCUT2D eigenvalue weighted by atomic mass is 9.81. The maximum absolute atomic E-state index is 4.46. The molecular formula is C14H24N4. The van der Waals surface area contributed by atoms with Crippen LogP contribution in [0.1, 0.15) is 38.2 Å². The molecule has 4 nitrogen and oxygen atoms in total. The molecule has 0 amide bonds. The van der Waals surface area contributed by atoms with E-state index in [-0.39, 0.29) is 0 Å². The van der Waals surface area contributed by atoms with Crippen LogP contribution >= 0.6 is 0 Å². The van der Waals surface area contributed by atoms with Crippen molar-refractivity contribution in [2.45, 2.75) is 40.0 Å². The van der Waals surface area contributed by atoms with E-state index in [1.807, 2.05) is 6.92 Å². The Bertz CT molecular complexity index is 397.